The molecule has 1 saturated carbocycles. The smallest absolute Gasteiger partial charge is 0.243 e. The second-order valence-corrected chi connectivity index (χ2v) is 11.3. The first kappa shape index (κ1) is 19.4. The average Bonchev–Trinajstić information content (AvgIpc) is 3.41. The summed E-state index contributed by atoms with van der Waals surface area (Å²) in [6, 6.07) is 9.70. The van der Waals surface area contributed by atoms with Gasteiger partial charge in [-0.3, -0.25) is 0 Å². The second-order valence-electron chi connectivity index (χ2n) is 9.36. The molecule has 3 aromatic rings. The third-order valence-corrected chi connectivity index (χ3v) is 8.97. The monoisotopic (exact) mass is 436 g/mol. The van der Waals surface area contributed by atoms with Crippen molar-refractivity contribution in [1.82, 2.24) is 18.8 Å². The lowest BCUT2D eigenvalue weighted by molar-refractivity contribution is 0.245. The Morgan fingerprint density at radius 2 is 1.90 bits per heavy atom. The number of aromatic nitrogens is 3. The maximum absolute atomic E-state index is 13.4. The van der Waals surface area contributed by atoms with Crippen molar-refractivity contribution < 1.29 is 8.42 Å². The Hall–Kier alpha value is -2.25. The first-order valence-corrected chi connectivity index (χ1v) is 13.0. The Bertz CT molecular complexity index is 1250. The summed E-state index contributed by atoms with van der Waals surface area (Å²) in [6.45, 7) is 1.96. The van der Waals surface area contributed by atoms with Crippen LogP contribution < -0.4 is 0 Å². The van der Waals surface area contributed by atoms with E-state index in [4.69, 9.17) is 4.98 Å². The Morgan fingerprint density at radius 3 is 2.77 bits per heavy atom. The van der Waals surface area contributed by atoms with Crippen LogP contribution in [0.3, 0.4) is 0 Å². The molecule has 0 unspecified atom stereocenters. The maximum atomic E-state index is 13.4. The van der Waals surface area contributed by atoms with Crippen LogP contribution in [0, 0.1) is 5.92 Å². The van der Waals surface area contributed by atoms with Crippen LogP contribution in [0.15, 0.2) is 41.4 Å². The van der Waals surface area contributed by atoms with Crippen molar-refractivity contribution in [3.05, 3.63) is 53.5 Å². The molecule has 7 heteroatoms. The Balaban J connectivity index is 1.26. The molecular weight excluding hydrogens is 408 g/mol. The molecule has 0 bridgehead atoms. The zero-order valence-electron chi connectivity index (χ0n) is 17.7. The van der Waals surface area contributed by atoms with Crippen molar-refractivity contribution >= 4 is 21.2 Å². The summed E-state index contributed by atoms with van der Waals surface area (Å²) in [4.78, 5) is 9.91. The highest BCUT2D eigenvalue weighted by molar-refractivity contribution is 7.89. The topological polar surface area (TPSA) is 68.1 Å². The molecule has 2 aliphatic carbocycles. The van der Waals surface area contributed by atoms with Crippen molar-refractivity contribution in [1.29, 1.82) is 0 Å². The Labute approximate surface area is 183 Å². The van der Waals surface area contributed by atoms with Gasteiger partial charge in [-0.25, -0.2) is 18.4 Å². The van der Waals surface area contributed by atoms with Gasteiger partial charge < -0.3 is 4.57 Å². The number of benzene rings is 1. The number of hydrogen-bond acceptors (Lipinski definition) is 4. The van der Waals surface area contributed by atoms with Gasteiger partial charge in [0.1, 0.15) is 11.3 Å². The molecule has 0 N–H and O–H groups in total. The molecule has 3 aliphatic rings. The highest BCUT2D eigenvalue weighted by Crippen LogP contribution is 2.41. The summed E-state index contributed by atoms with van der Waals surface area (Å²) in [5.74, 6) is 1.94. The number of rotatable bonds is 5. The maximum Gasteiger partial charge on any atom is 0.243 e. The van der Waals surface area contributed by atoms with Crippen LogP contribution in [0.5, 0.6) is 0 Å². The van der Waals surface area contributed by atoms with Crippen LogP contribution in [0.1, 0.15) is 55.0 Å². The molecule has 6 rings (SSSR count). The van der Waals surface area contributed by atoms with Gasteiger partial charge in [0.15, 0.2) is 5.65 Å². The molecular formula is C24H28N4O2S. The summed E-state index contributed by atoms with van der Waals surface area (Å²) in [5.41, 5.74) is 4.40. The normalized spacial score (nSPS) is 22.1. The Morgan fingerprint density at radius 1 is 1.03 bits per heavy atom. The summed E-state index contributed by atoms with van der Waals surface area (Å²) in [5, 5.41) is 0. The molecule has 1 aliphatic heterocycles. The highest BCUT2D eigenvalue weighted by atomic mass is 32.2. The molecule has 2 aromatic heterocycles. The molecule has 0 radical (unpaired) electrons. The van der Waals surface area contributed by atoms with Crippen molar-refractivity contribution in [3.63, 3.8) is 0 Å². The third kappa shape index (κ3) is 3.48. The van der Waals surface area contributed by atoms with E-state index in [1.807, 2.05) is 36.5 Å². The number of pyridine rings is 1. The minimum atomic E-state index is -3.46. The lowest BCUT2D eigenvalue weighted by Gasteiger charge is -2.32. The molecule has 0 amide bonds. The van der Waals surface area contributed by atoms with Crippen molar-refractivity contribution in [2.45, 2.75) is 62.3 Å². The first-order valence-electron chi connectivity index (χ1n) is 11.5. The lowest BCUT2D eigenvalue weighted by atomic mass is 9.99. The summed E-state index contributed by atoms with van der Waals surface area (Å²) < 4.78 is 30.8. The Kier molecular flexibility index (Phi) is 4.65. The van der Waals surface area contributed by atoms with Crippen molar-refractivity contribution in [2.24, 2.45) is 5.92 Å². The fourth-order valence-corrected chi connectivity index (χ4v) is 6.93. The zero-order valence-corrected chi connectivity index (χ0v) is 18.5. The van der Waals surface area contributed by atoms with E-state index in [9.17, 15) is 8.42 Å². The molecule has 1 atom stereocenters. The predicted octanol–water partition coefficient (Wildman–Crippen LogP) is 3.90. The fraction of sp³-hybridized carbons (Fsp3) is 0.500. The number of piperidine rings is 1. The summed E-state index contributed by atoms with van der Waals surface area (Å²) >= 11 is 0. The number of hydrogen-bond donors (Lipinski definition) is 0. The fourth-order valence-electron chi connectivity index (χ4n) is 5.32. The van der Waals surface area contributed by atoms with Gasteiger partial charge in [0.25, 0.3) is 0 Å². The molecule has 2 fully saturated rings. The van der Waals surface area contributed by atoms with Crippen LogP contribution in [0.2, 0.25) is 0 Å². The van der Waals surface area contributed by atoms with Crippen LogP contribution in [0.4, 0.5) is 0 Å². The van der Waals surface area contributed by atoms with Crippen LogP contribution in [-0.2, 0) is 29.4 Å². The van der Waals surface area contributed by atoms with Gasteiger partial charge in [0, 0.05) is 31.7 Å². The van der Waals surface area contributed by atoms with E-state index >= 15 is 0 Å². The SMILES string of the molecule is O=S(=O)(c1ccc2c(c1)CCC2)N1CCC[C@H](Cn2c(C3CC3)nc3cccnc32)C1. The van der Waals surface area contributed by atoms with E-state index in [-0.39, 0.29) is 5.92 Å². The summed E-state index contributed by atoms with van der Waals surface area (Å²) in [6.07, 6.45) is 9.31. The molecule has 1 saturated heterocycles. The molecule has 162 valence electrons. The average molecular weight is 437 g/mol. The zero-order chi connectivity index (χ0) is 21.0. The van der Waals surface area contributed by atoms with E-state index in [0.717, 1.165) is 55.6 Å². The van der Waals surface area contributed by atoms with Crippen molar-refractivity contribution in [3.8, 4) is 0 Å². The van der Waals surface area contributed by atoms with Gasteiger partial charge in [0.05, 0.1) is 4.90 Å². The van der Waals surface area contributed by atoms with E-state index < -0.39 is 10.0 Å². The van der Waals surface area contributed by atoms with E-state index in [1.165, 1.54) is 24.0 Å². The molecule has 0 spiro atoms. The molecule has 31 heavy (non-hydrogen) atoms. The minimum absolute atomic E-state index is 0.273. The largest absolute Gasteiger partial charge is 0.312 e. The molecule has 1 aromatic carbocycles. The van der Waals surface area contributed by atoms with E-state index in [0.29, 0.717) is 23.9 Å². The van der Waals surface area contributed by atoms with Crippen LogP contribution in [-0.4, -0.2) is 40.3 Å². The van der Waals surface area contributed by atoms with Crippen LogP contribution >= 0.6 is 0 Å². The number of fused-ring (bicyclic) bond motifs is 2. The minimum Gasteiger partial charge on any atom is -0.312 e. The molecule has 6 nitrogen and oxygen atoms in total. The number of sulfonamides is 1. The van der Waals surface area contributed by atoms with Gasteiger partial charge >= 0.3 is 0 Å². The number of imidazole rings is 1. The summed E-state index contributed by atoms with van der Waals surface area (Å²) in [7, 11) is -3.46. The van der Waals surface area contributed by atoms with Crippen molar-refractivity contribution in [2.75, 3.05) is 13.1 Å². The van der Waals surface area contributed by atoms with E-state index in [1.54, 1.807) is 4.31 Å². The predicted molar refractivity (Wildman–Crippen MR) is 119 cm³/mol. The molecule has 3 heterocycles. The first-order chi connectivity index (χ1) is 15.1. The van der Waals surface area contributed by atoms with Gasteiger partial charge in [0.2, 0.25) is 10.0 Å². The van der Waals surface area contributed by atoms with E-state index in [2.05, 4.69) is 9.55 Å². The third-order valence-electron chi connectivity index (χ3n) is 7.11. The van der Waals surface area contributed by atoms with Gasteiger partial charge in [-0.2, -0.15) is 4.31 Å². The van der Waals surface area contributed by atoms with Gasteiger partial charge in [-0.05, 0) is 86.3 Å². The number of nitrogens with zero attached hydrogens (tertiary/aromatic N) is 4. The van der Waals surface area contributed by atoms with Gasteiger partial charge in [-0.1, -0.05) is 6.07 Å². The van der Waals surface area contributed by atoms with Crippen LogP contribution in [0.25, 0.3) is 11.2 Å². The standard InChI is InChI=1S/C24H28N4O2S/c29-31(30,21-11-10-18-5-1-6-20(18)14-21)27-13-3-4-17(15-27)16-28-23(19-8-9-19)26-22-7-2-12-25-24(22)28/h2,7,10-12,14,17,19H,1,3-6,8-9,13,15-16H2/t17-/m0/s1. The lowest BCUT2D eigenvalue weighted by Crippen LogP contribution is -2.41. The van der Waals surface area contributed by atoms with Gasteiger partial charge in [-0.15, -0.1) is 0 Å². The quantitative estimate of drug-likeness (QED) is 0.608. The second kappa shape index (κ2) is 7.41. The number of aryl methyl sites for hydroxylation is 2. The highest BCUT2D eigenvalue weighted by Gasteiger charge is 2.34.